The summed E-state index contributed by atoms with van der Waals surface area (Å²) in [5.74, 6) is 1.69. The van der Waals surface area contributed by atoms with Crippen molar-refractivity contribution >= 4 is 23.6 Å². The quantitative estimate of drug-likeness (QED) is 0.425. The Labute approximate surface area is 178 Å². The molecule has 0 N–H and O–H groups in total. The van der Waals surface area contributed by atoms with Gasteiger partial charge in [0, 0.05) is 18.5 Å². The summed E-state index contributed by atoms with van der Waals surface area (Å²) in [6, 6.07) is 15.1. The number of rotatable bonds is 4. The first-order chi connectivity index (χ1) is 14.1. The van der Waals surface area contributed by atoms with Gasteiger partial charge >= 0.3 is 0 Å². The fourth-order valence-corrected chi connectivity index (χ4v) is 5.24. The molecule has 0 amide bonds. The van der Waals surface area contributed by atoms with Crippen LogP contribution in [-0.2, 0) is 20.1 Å². The summed E-state index contributed by atoms with van der Waals surface area (Å²) in [6.45, 7) is 3.58. The Kier molecular flexibility index (Phi) is 4.73. The normalized spacial score (nSPS) is 16.8. The molecule has 29 heavy (non-hydrogen) atoms. The summed E-state index contributed by atoms with van der Waals surface area (Å²) in [5.41, 5.74) is 3.69. The zero-order valence-electron chi connectivity index (χ0n) is 16.4. The standard InChI is InChI=1S/C22H22N4OS2/c1-15-17(9-12-27-15)21-23-26(22(28)24(21)2)14-25-11-8-19-18(10-13-29-19)20(25)16-6-4-3-5-7-16/h3-7,9-10,12-13,20H,8,11,14H2,1-2H3/t20-/m1/s1. The van der Waals surface area contributed by atoms with Crippen LogP contribution in [-0.4, -0.2) is 25.8 Å². The van der Waals surface area contributed by atoms with Crippen molar-refractivity contribution in [3.63, 3.8) is 0 Å². The van der Waals surface area contributed by atoms with E-state index in [1.54, 1.807) is 6.26 Å². The minimum atomic E-state index is 0.217. The number of furan rings is 1. The first-order valence-electron chi connectivity index (χ1n) is 9.67. The van der Waals surface area contributed by atoms with E-state index < -0.39 is 0 Å². The first-order valence-corrected chi connectivity index (χ1v) is 11.0. The number of aryl methyl sites for hydroxylation is 1. The van der Waals surface area contributed by atoms with E-state index in [1.165, 1.54) is 16.0 Å². The zero-order valence-corrected chi connectivity index (χ0v) is 18.0. The van der Waals surface area contributed by atoms with Gasteiger partial charge in [0.2, 0.25) is 0 Å². The van der Waals surface area contributed by atoms with Crippen LogP contribution < -0.4 is 0 Å². The van der Waals surface area contributed by atoms with Gasteiger partial charge in [-0.3, -0.25) is 4.90 Å². The van der Waals surface area contributed by atoms with Crippen molar-refractivity contribution in [3.8, 4) is 11.4 Å². The molecule has 148 valence electrons. The Morgan fingerprint density at radius 1 is 1.21 bits per heavy atom. The lowest BCUT2D eigenvalue weighted by molar-refractivity contribution is 0.156. The van der Waals surface area contributed by atoms with Crippen LogP contribution in [0.1, 0.15) is 27.8 Å². The number of hydrogen-bond donors (Lipinski definition) is 0. The van der Waals surface area contributed by atoms with Crippen LogP contribution in [0.15, 0.2) is 58.5 Å². The Hall–Kier alpha value is -2.48. The lowest BCUT2D eigenvalue weighted by Gasteiger charge is -2.36. The average Bonchev–Trinajstić information content (AvgIpc) is 3.44. The highest BCUT2D eigenvalue weighted by molar-refractivity contribution is 7.71. The molecule has 0 fully saturated rings. The number of nitrogens with zero attached hydrogens (tertiary/aromatic N) is 4. The van der Waals surface area contributed by atoms with Gasteiger partial charge in [-0.25, -0.2) is 4.68 Å². The van der Waals surface area contributed by atoms with E-state index in [2.05, 4.69) is 46.7 Å². The van der Waals surface area contributed by atoms with Gasteiger partial charge < -0.3 is 8.98 Å². The second kappa shape index (κ2) is 7.40. The second-order valence-corrected chi connectivity index (χ2v) is 8.74. The smallest absolute Gasteiger partial charge is 0.199 e. The lowest BCUT2D eigenvalue weighted by Crippen LogP contribution is -2.37. The molecule has 0 radical (unpaired) electrons. The van der Waals surface area contributed by atoms with Crippen molar-refractivity contribution in [2.45, 2.75) is 26.1 Å². The highest BCUT2D eigenvalue weighted by atomic mass is 32.1. The summed E-state index contributed by atoms with van der Waals surface area (Å²) >= 11 is 7.58. The van der Waals surface area contributed by atoms with Crippen molar-refractivity contribution in [2.75, 3.05) is 6.54 Å². The predicted octanol–water partition coefficient (Wildman–Crippen LogP) is 5.19. The van der Waals surface area contributed by atoms with E-state index in [-0.39, 0.29) is 6.04 Å². The fraction of sp³-hybridized carbons (Fsp3) is 0.273. The maximum Gasteiger partial charge on any atom is 0.199 e. The molecule has 4 heterocycles. The molecule has 1 aromatic carbocycles. The molecule has 7 heteroatoms. The van der Waals surface area contributed by atoms with Crippen LogP contribution >= 0.6 is 23.6 Å². The first kappa shape index (κ1) is 18.5. The van der Waals surface area contributed by atoms with Crippen LogP contribution in [0.3, 0.4) is 0 Å². The third-order valence-electron chi connectivity index (χ3n) is 5.64. The van der Waals surface area contributed by atoms with E-state index in [4.69, 9.17) is 21.7 Å². The van der Waals surface area contributed by atoms with Gasteiger partial charge in [-0.1, -0.05) is 30.3 Å². The Bertz CT molecular complexity index is 1200. The monoisotopic (exact) mass is 422 g/mol. The number of thiophene rings is 1. The summed E-state index contributed by atoms with van der Waals surface area (Å²) in [4.78, 5) is 3.95. The Morgan fingerprint density at radius 2 is 2.03 bits per heavy atom. The number of hydrogen-bond acceptors (Lipinski definition) is 5. The number of fused-ring (bicyclic) bond motifs is 1. The molecule has 3 aromatic heterocycles. The molecule has 4 aromatic rings. The van der Waals surface area contributed by atoms with Crippen LogP contribution in [0.5, 0.6) is 0 Å². The third kappa shape index (κ3) is 3.19. The summed E-state index contributed by atoms with van der Waals surface area (Å²) in [7, 11) is 1.97. The van der Waals surface area contributed by atoms with Crippen LogP contribution in [0.25, 0.3) is 11.4 Å². The van der Waals surface area contributed by atoms with E-state index in [0.717, 1.165) is 30.1 Å². The highest BCUT2D eigenvalue weighted by Crippen LogP contribution is 2.38. The predicted molar refractivity (Wildman–Crippen MR) is 117 cm³/mol. The van der Waals surface area contributed by atoms with Crippen LogP contribution in [0.4, 0.5) is 0 Å². The largest absolute Gasteiger partial charge is 0.469 e. The Balaban J connectivity index is 1.53. The molecule has 0 bridgehead atoms. The summed E-state index contributed by atoms with van der Waals surface area (Å²) in [6.07, 6.45) is 2.76. The van der Waals surface area contributed by atoms with Crippen molar-refractivity contribution in [1.29, 1.82) is 0 Å². The topological polar surface area (TPSA) is 39.1 Å². The molecule has 1 atom stereocenters. The minimum Gasteiger partial charge on any atom is -0.469 e. The molecular formula is C22H22N4OS2. The fourth-order valence-electron chi connectivity index (χ4n) is 4.15. The van der Waals surface area contributed by atoms with Crippen molar-refractivity contribution in [2.24, 2.45) is 7.05 Å². The maximum absolute atomic E-state index is 5.72. The molecule has 1 aliphatic heterocycles. The van der Waals surface area contributed by atoms with E-state index in [1.807, 2.05) is 40.6 Å². The molecule has 0 aliphatic carbocycles. The maximum atomic E-state index is 5.72. The number of benzene rings is 1. The van der Waals surface area contributed by atoms with Gasteiger partial charge in [0.05, 0.1) is 24.5 Å². The molecule has 5 nitrogen and oxygen atoms in total. The SMILES string of the molecule is Cc1occc1-c1nn(CN2CCc3sccc3[C@H]2c2ccccc2)c(=S)n1C. The minimum absolute atomic E-state index is 0.217. The van der Waals surface area contributed by atoms with Gasteiger partial charge in [-0.05, 0) is 54.2 Å². The van der Waals surface area contributed by atoms with Gasteiger partial charge in [-0.2, -0.15) is 5.10 Å². The van der Waals surface area contributed by atoms with Crippen molar-refractivity contribution in [3.05, 3.63) is 80.6 Å². The van der Waals surface area contributed by atoms with Crippen LogP contribution in [0, 0.1) is 11.7 Å². The molecule has 0 saturated carbocycles. The van der Waals surface area contributed by atoms with Gasteiger partial charge in [0.15, 0.2) is 10.6 Å². The van der Waals surface area contributed by atoms with E-state index >= 15 is 0 Å². The third-order valence-corrected chi connectivity index (χ3v) is 7.12. The molecule has 0 spiro atoms. The zero-order chi connectivity index (χ0) is 20.0. The lowest BCUT2D eigenvalue weighted by atomic mass is 9.94. The Morgan fingerprint density at radius 3 is 2.79 bits per heavy atom. The molecule has 1 aliphatic rings. The van der Waals surface area contributed by atoms with E-state index in [9.17, 15) is 0 Å². The van der Waals surface area contributed by atoms with Gasteiger partial charge in [-0.15, -0.1) is 11.3 Å². The van der Waals surface area contributed by atoms with E-state index in [0.29, 0.717) is 11.4 Å². The summed E-state index contributed by atoms with van der Waals surface area (Å²) < 4.78 is 10.1. The summed E-state index contributed by atoms with van der Waals surface area (Å²) in [5, 5.41) is 7.06. The van der Waals surface area contributed by atoms with Crippen LogP contribution in [0.2, 0.25) is 0 Å². The molecule has 0 unspecified atom stereocenters. The van der Waals surface area contributed by atoms with Gasteiger partial charge in [0.25, 0.3) is 0 Å². The van der Waals surface area contributed by atoms with Gasteiger partial charge in [0.1, 0.15) is 5.76 Å². The molecule has 0 saturated heterocycles. The van der Waals surface area contributed by atoms with Crippen molar-refractivity contribution < 1.29 is 4.42 Å². The second-order valence-electron chi connectivity index (χ2n) is 7.37. The average molecular weight is 423 g/mol. The van der Waals surface area contributed by atoms with Crippen molar-refractivity contribution in [1.82, 2.24) is 19.2 Å². The molecule has 5 rings (SSSR count). The number of aromatic nitrogens is 3. The molecular weight excluding hydrogens is 400 g/mol. The highest BCUT2D eigenvalue weighted by Gasteiger charge is 2.30.